The van der Waals surface area contributed by atoms with E-state index < -0.39 is 0 Å². The highest BCUT2D eigenvalue weighted by Crippen LogP contribution is 2.35. The van der Waals surface area contributed by atoms with Gasteiger partial charge in [0.25, 0.3) is 0 Å². The third-order valence-electron chi connectivity index (χ3n) is 5.76. The first kappa shape index (κ1) is 18.4. The van der Waals surface area contributed by atoms with Crippen LogP contribution in [0.25, 0.3) is 10.2 Å². The van der Waals surface area contributed by atoms with Crippen LogP contribution in [0.1, 0.15) is 30.7 Å². The van der Waals surface area contributed by atoms with E-state index in [0.29, 0.717) is 17.4 Å². The SMILES string of the molecule is C[C@@H](C(=O)Nc1ccc2c(c1)OCO2)N1CCC(c2nc3ccccc3s2)CC1. The fourth-order valence-corrected chi connectivity index (χ4v) is 5.12. The third-order valence-corrected chi connectivity index (χ3v) is 6.96. The van der Waals surface area contributed by atoms with E-state index in [4.69, 9.17) is 14.5 Å². The molecule has 7 heteroatoms. The first-order valence-corrected chi connectivity index (χ1v) is 10.8. The Kier molecular flexibility index (Phi) is 4.85. The largest absolute Gasteiger partial charge is 0.454 e. The molecule has 5 rings (SSSR count). The van der Waals surface area contributed by atoms with Crippen molar-refractivity contribution in [3.05, 3.63) is 47.5 Å². The Bertz CT molecular complexity index is 1010. The zero-order valence-electron chi connectivity index (χ0n) is 16.3. The minimum atomic E-state index is -0.184. The smallest absolute Gasteiger partial charge is 0.241 e. The quantitative estimate of drug-likeness (QED) is 0.699. The molecule has 150 valence electrons. The summed E-state index contributed by atoms with van der Waals surface area (Å²) in [6.07, 6.45) is 2.06. The second kappa shape index (κ2) is 7.65. The molecule has 0 unspecified atom stereocenters. The highest BCUT2D eigenvalue weighted by molar-refractivity contribution is 7.18. The summed E-state index contributed by atoms with van der Waals surface area (Å²) in [7, 11) is 0. The number of hydrogen-bond donors (Lipinski definition) is 1. The van der Waals surface area contributed by atoms with E-state index >= 15 is 0 Å². The number of aromatic nitrogens is 1. The van der Waals surface area contributed by atoms with Gasteiger partial charge in [-0.25, -0.2) is 4.98 Å². The molecule has 1 amide bonds. The van der Waals surface area contributed by atoms with Crippen LogP contribution in [0.4, 0.5) is 5.69 Å². The maximum Gasteiger partial charge on any atom is 0.241 e. The lowest BCUT2D eigenvalue weighted by atomic mass is 9.96. The van der Waals surface area contributed by atoms with E-state index in [1.54, 1.807) is 11.3 Å². The van der Waals surface area contributed by atoms with Gasteiger partial charge in [0.2, 0.25) is 12.7 Å². The summed E-state index contributed by atoms with van der Waals surface area (Å²) >= 11 is 1.80. The van der Waals surface area contributed by atoms with Gasteiger partial charge in [0.15, 0.2) is 11.5 Å². The Morgan fingerprint density at radius 3 is 2.79 bits per heavy atom. The van der Waals surface area contributed by atoms with Crippen LogP contribution in [0.2, 0.25) is 0 Å². The predicted octanol–water partition coefficient (Wildman–Crippen LogP) is 4.23. The van der Waals surface area contributed by atoms with Gasteiger partial charge in [0.1, 0.15) is 0 Å². The molecule has 2 aliphatic heterocycles. The Morgan fingerprint density at radius 2 is 1.97 bits per heavy atom. The summed E-state index contributed by atoms with van der Waals surface area (Å²) in [5.41, 5.74) is 1.82. The molecule has 0 bridgehead atoms. The number of likely N-dealkylation sites (tertiary alicyclic amines) is 1. The molecular weight excluding hydrogens is 386 g/mol. The molecule has 1 saturated heterocycles. The number of piperidine rings is 1. The van der Waals surface area contributed by atoms with Crippen molar-refractivity contribution in [2.75, 3.05) is 25.2 Å². The fraction of sp³-hybridized carbons (Fsp3) is 0.364. The first-order chi connectivity index (χ1) is 14.2. The lowest BCUT2D eigenvalue weighted by Gasteiger charge is -2.34. The average molecular weight is 410 g/mol. The van der Waals surface area contributed by atoms with Crippen LogP contribution < -0.4 is 14.8 Å². The van der Waals surface area contributed by atoms with Gasteiger partial charge >= 0.3 is 0 Å². The number of rotatable bonds is 4. The van der Waals surface area contributed by atoms with E-state index in [-0.39, 0.29) is 18.7 Å². The van der Waals surface area contributed by atoms with Gasteiger partial charge in [0, 0.05) is 17.7 Å². The number of fused-ring (bicyclic) bond motifs is 2. The number of nitrogens with zero attached hydrogens (tertiary/aromatic N) is 2. The van der Waals surface area contributed by atoms with Crippen molar-refractivity contribution in [1.29, 1.82) is 0 Å². The van der Waals surface area contributed by atoms with Crippen LogP contribution in [0.5, 0.6) is 11.5 Å². The molecule has 29 heavy (non-hydrogen) atoms. The standard InChI is InChI=1S/C22H23N3O3S/c1-14(21(26)23-16-6-7-18-19(12-16)28-13-27-18)25-10-8-15(9-11-25)22-24-17-4-2-3-5-20(17)29-22/h2-7,12,14-15H,8-11,13H2,1H3,(H,23,26)/t14-/m0/s1. The minimum Gasteiger partial charge on any atom is -0.454 e. The van der Waals surface area contributed by atoms with E-state index in [0.717, 1.165) is 37.1 Å². The Balaban J connectivity index is 1.19. The molecule has 2 aromatic carbocycles. The Hall–Kier alpha value is -2.64. The highest BCUT2D eigenvalue weighted by atomic mass is 32.1. The Labute approximate surface area is 173 Å². The van der Waals surface area contributed by atoms with Crippen molar-refractivity contribution >= 4 is 33.1 Å². The number of anilines is 1. The second-order valence-corrected chi connectivity index (χ2v) is 8.63. The number of carbonyl (C=O) groups is 1. The van der Waals surface area contributed by atoms with Crippen LogP contribution >= 0.6 is 11.3 Å². The molecule has 1 N–H and O–H groups in total. The van der Waals surface area contributed by atoms with Crippen molar-refractivity contribution in [2.45, 2.75) is 31.7 Å². The molecule has 0 aliphatic carbocycles. The molecular formula is C22H23N3O3S. The topological polar surface area (TPSA) is 63.7 Å². The molecule has 3 heterocycles. The zero-order valence-corrected chi connectivity index (χ0v) is 17.1. The lowest BCUT2D eigenvalue weighted by molar-refractivity contribution is -0.121. The van der Waals surface area contributed by atoms with E-state index in [1.165, 1.54) is 9.71 Å². The second-order valence-electron chi connectivity index (χ2n) is 7.56. The molecule has 6 nitrogen and oxygen atoms in total. The van der Waals surface area contributed by atoms with Gasteiger partial charge in [-0.3, -0.25) is 9.69 Å². The molecule has 3 aromatic rings. The van der Waals surface area contributed by atoms with Gasteiger partial charge < -0.3 is 14.8 Å². The molecule has 1 aromatic heterocycles. The summed E-state index contributed by atoms with van der Waals surface area (Å²) in [6, 6.07) is 13.6. The van der Waals surface area contributed by atoms with Gasteiger partial charge in [0.05, 0.1) is 21.3 Å². The van der Waals surface area contributed by atoms with Crippen LogP contribution in [-0.4, -0.2) is 41.7 Å². The number of para-hydroxylation sites is 1. The number of hydrogen-bond acceptors (Lipinski definition) is 6. The first-order valence-electron chi connectivity index (χ1n) is 9.97. The normalized spacial score (nSPS) is 18.1. The fourth-order valence-electron chi connectivity index (χ4n) is 3.99. The van der Waals surface area contributed by atoms with Crippen LogP contribution in [0.15, 0.2) is 42.5 Å². The van der Waals surface area contributed by atoms with Crippen molar-refractivity contribution < 1.29 is 14.3 Å². The van der Waals surface area contributed by atoms with Gasteiger partial charge in [-0.1, -0.05) is 12.1 Å². The summed E-state index contributed by atoms with van der Waals surface area (Å²) in [5.74, 6) is 1.87. The number of amides is 1. The lowest BCUT2D eigenvalue weighted by Crippen LogP contribution is -2.45. The molecule has 0 saturated carbocycles. The van der Waals surface area contributed by atoms with E-state index in [2.05, 4.69) is 28.4 Å². The highest BCUT2D eigenvalue weighted by Gasteiger charge is 2.29. The van der Waals surface area contributed by atoms with Gasteiger partial charge in [-0.2, -0.15) is 0 Å². The summed E-state index contributed by atoms with van der Waals surface area (Å²) in [4.78, 5) is 19.8. The summed E-state index contributed by atoms with van der Waals surface area (Å²) < 4.78 is 12.0. The average Bonchev–Trinajstić information content (AvgIpc) is 3.39. The van der Waals surface area contributed by atoms with Gasteiger partial charge in [-0.05, 0) is 57.1 Å². The number of carbonyl (C=O) groups excluding carboxylic acids is 1. The van der Waals surface area contributed by atoms with Crippen molar-refractivity contribution in [1.82, 2.24) is 9.88 Å². The number of thiazole rings is 1. The van der Waals surface area contributed by atoms with Crippen molar-refractivity contribution in [3.63, 3.8) is 0 Å². The molecule has 1 fully saturated rings. The molecule has 1 atom stereocenters. The van der Waals surface area contributed by atoms with Crippen LogP contribution in [0, 0.1) is 0 Å². The zero-order chi connectivity index (χ0) is 19.8. The number of benzene rings is 2. The maximum absolute atomic E-state index is 12.7. The van der Waals surface area contributed by atoms with E-state index in [9.17, 15) is 4.79 Å². The predicted molar refractivity (Wildman–Crippen MR) is 114 cm³/mol. The number of nitrogens with one attached hydrogen (secondary N) is 1. The van der Waals surface area contributed by atoms with Crippen LogP contribution in [0.3, 0.4) is 0 Å². The number of ether oxygens (including phenoxy) is 2. The van der Waals surface area contributed by atoms with Crippen LogP contribution in [-0.2, 0) is 4.79 Å². The third kappa shape index (κ3) is 3.68. The van der Waals surface area contributed by atoms with Gasteiger partial charge in [-0.15, -0.1) is 11.3 Å². The van der Waals surface area contributed by atoms with Crippen molar-refractivity contribution in [2.24, 2.45) is 0 Å². The van der Waals surface area contributed by atoms with Crippen molar-refractivity contribution in [3.8, 4) is 11.5 Å². The van der Waals surface area contributed by atoms with E-state index in [1.807, 2.05) is 31.2 Å². The molecule has 0 radical (unpaired) electrons. The Morgan fingerprint density at radius 1 is 1.17 bits per heavy atom. The summed E-state index contributed by atoms with van der Waals surface area (Å²) in [5, 5.41) is 4.23. The molecule has 2 aliphatic rings. The monoisotopic (exact) mass is 409 g/mol. The molecule has 0 spiro atoms. The summed E-state index contributed by atoms with van der Waals surface area (Å²) in [6.45, 7) is 4.00. The minimum absolute atomic E-state index is 0.00213. The maximum atomic E-state index is 12.7.